The van der Waals surface area contributed by atoms with Gasteiger partial charge in [-0.2, -0.15) is 11.3 Å². The second-order valence-corrected chi connectivity index (χ2v) is 4.23. The van der Waals surface area contributed by atoms with Crippen molar-refractivity contribution in [3.63, 3.8) is 0 Å². The van der Waals surface area contributed by atoms with Crippen LogP contribution in [-0.2, 0) is 0 Å². The lowest BCUT2D eigenvalue weighted by molar-refractivity contribution is 1.19. The number of hydrogen-bond donors (Lipinski definition) is 1. The first-order chi connectivity index (χ1) is 6.83. The Labute approximate surface area is 94.4 Å². The summed E-state index contributed by atoms with van der Waals surface area (Å²) in [5, 5.41) is 7.10. The second-order valence-electron chi connectivity index (χ2n) is 2.64. The molecule has 0 fully saturated rings. The molecule has 0 aliphatic rings. The molecule has 0 saturated carbocycles. The first-order valence-corrected chi connectivity index (χ1v) is 5.77. The standard InChI is InChI=1S/C9H8BrN3S/c1-11-9-8(12-2-3-13-9)6-4-14-5-7(6)10/h2-5H,1H3,(H,11,13). The van der Waals surface area contributed by atoms with E-state index < -0.39 is 0 Å². The zero-order valence-electron chi connectivity index (χ0n) is 7.49. The molecular weight excluding hydrogens is 262 g/mol. The van der Waals surface area contributed by atoms with Gasteiger partial charge >= 0.3 is 0 Å². The van der Waals surface area contributed by atoms with Crippen LogP contribution in [0.25, 0.3) is 11.3 Å². The van der Waals surface area contributed by atoms with Crippen LogP contribution in [0.4, 0.5) is 5.82 Å². The van der Waals surface area contributed by atoms with Gasteiger partial charge < -0.3 is 5.32 Å². The minimum absolute atomic E-state index is 0.798. The first-order valence-electron chi connectivity index (χ1n) is 4.03. The summed E-state index contributed by atoms with van der Waals surface area (Å²) in [7, 11) is 1.84. The third-order valence-electron chi connectivity index (χ3n) is 1.80. The highest BCUT2D eigenvalue weighted by Gasteiger charge is 2.10. The van der Waals surface area contributed by atoms with Crippen molar-refractivity contribution in [2.24, 2.45) is 0 Å². The van der Waals surface area contributed by atoms with E-state index in [1.807, 2.05) is 12.4 Å². The molecule has 14 heavy (non-hydrogen) atoms. The number of halogens is 1. The van der Waals surface area contributed by atoms with Gasteiger partial charge in [0.15, 0.2) is 5.82 Å². The predicted octanol–water partition coefficient (Wildman–Crippen LogP) is 3.01. The molecule has 0 spiro atoms. The summed E-state index contributed by atoms with van der Waals surface area (Å²) in [5.41, 5.74) is 1.95. The van der Waals surface area contributed by atoms with Crippen LogP contribution >= 0.6 is 27.3 Å². The lowest BCUT2D eigenvalue weighted by Gasteiger charge is -2.04. The Morgan fingerprint density at radius 2 is 2.07 bits per heavy atom. The fourth-order valence-corrected chi connectivity index (χ4v) is 2.64. The maximum Gasteiger partial charge on any atom is 0.152 e. The lowest BCUT2D eigenvalue weighted by Crippen LogP contribution is -1.96. The maximum atomic E-state index is 4.30. The number of aromatic nitrogens is 2. The number of nitrogens with one attached hydrogen (secondary N) is 1. The third-order valence-corrected chi connectivity index (χ3v) is 3.51. The van der Waals surface area contributed by atoms with E-state index >= 15 is 0 Å². The van der Waals surface area contributed by atoms with Crippen LogP contribution in [0, 0.1) is 0 Å². The Hall–Kier alpha value is -0.940. The quantitative estimate of drug-likeness (QED) is 0.911. The zero-order valence-corrected chi connectivity index (χ0v) is 9.89. The Morgan fingerprint density at radius 3 is 2.71 bits per heavy atom. The largest absolute Gasteiger partial charge is 0.371 e. The molecular formula is C9H8BrN3S. The van der Waals surface area contributed by atoms with Crippen molar-refractivity contribution < 1.29 is 0 Å². The van der Waals surface area contributed by atoms with Gasteiger partial charge in [0.2, 0.25) is 0 Å². The molecule has 1 N–H and O–H groups in total. The Bertz CT molecular complexity index is 441. The third kappa shape index (κ3) is 1.65. The van der Waals surface area contributed by atoms with Crippen molar-refractivity contribution in [3.05, 3.63) is 27.6 Å². The lowest BCUT2D eigenvalue weighted by atomic mass is 10.2. The van der Waals surface area contributed by atoms with Gasteiger partial charge in [0.25, 0.3) is 0 Å². The average Bonchev–Trinajstić information content (AvgIpc) is 2.64. The highest BCUT2D eigenvalue weighted by Crippen LogP contribution is 2.33. The van der Waals surface area contributed by atoms with Crippen LogP contribution in [0.3, 0.4) is 0 Å². The Kier molecular flexibility index (Phi) is 2.79. The smallest absolute Gasteiger partial charge is 0.152 e. The molecule has 0 aliphatic heterocycles. The fourth-order valence-electron chi connectivity index (χ4n) is 1.17. The van der Waals surface area contributed by atoms with Crippen molar-refractivity contribution in [2.75, 3.05) is 12.4 Å². The summed E-state index contributed by atoms with van der Waals surface area (Å²) >= 11 is 5.12. The molecule has 0 aromatic carbocycles. The van der Waals surface area contributed by atoms with Crippen LogP contribution in [0.2, 0.25) is 0 Å². The van der Waals surface area contributed by atoms with Gasteiger partial charge in [-0.1, -0.05) is 0 Å². The highest BCUT2D eigenvalue weighted by atomic mass is 79.9. The molecule has 0 radical (unpaired) electrons. The molecule has 0 saturated heterocycles. The second kappa shape index (κ2) is 4.06. The van der Waals surface area contributed by atoms with Crippen molar-refractivity contribution in [1.82, 2.24) is 9.97 Å². The Balaban J connectivity index is 2.56. The summed E-state index contributed by atoms with van der Waals surface area (Å²) in [6.07, 6.45) is 3.37. The van der Waals surface area contributed by atoms with Crippen molar-refractivity contribution in [1.29, 1.82) is 0 Å². The van der Waals surface area contributed by atoms with Gasteiger partial charge in [-0.25, -0.2) is 4.98 Å². The monoisotopic (exact) mass is 269 g/mol. The number of anilines is 1. The molecule has 2 rings (SSSR count). The number of nitrogens with zero attached hydrogens (tertiary/aromatic N) is 2. The summed E-state index contributed by atoms with van der Waals surface area (Å²) < 4.78 is 1.06. The predicted molar refractivity (Wildman–Crippen MR) is 62.6 cm³/mol. The van der Waals surface area contributed by atoms with Crippen molar-refractivity contribution >= 4 is 33.1 Å². The molecule has 5 heteroatoms. The normalized spacial score (nSPS) is 10.1. The average molecular weight is 270 g/mol. The first kappa shape index (κ1) is 9.61. The van der Waals surface area contributed by atoms with Crippen LogP contribution in [0.15, 0.2) is 27.6 Å². The molecule has 2 heterocycles. The summed E-state index contributed by atoms with van der Waals surface area (Å²) in [5.74, 6) is 0.798. The van der Waals surface area contributed by atoms with E-state index in [1.54, 1.807) is 23.7 Å². The molecule has 0 amide bonds. The van der Waals surface area contributed by atoms with Crippen LogP contribution < -0.4 is 5.32 Å². The van der Waals surface area contributed by atoms with E-state index in [0.717, 1.165) is 21.5 Å². The summed E-state index contributed by atoms with van der Waals surface area (Å²) in [6, 6.07) is 0. The van der Waals surface area contributed by atoms with E-state index in [9.17, 15) is 0 Å². The van der Waals surface area contributed by atoms with Crippen molar-refractivity contribution in [2.45, 2.75) is 0 Å². The topological polar surface area (TPSA) is 37.8 Å². The molecule has 0 aliphatic carbocycles. The van der Waals surface area contributed by atoms with Crippen molar-refractivity contribution in [3.8, 4) is 11.3 Å². The number of hydrogen-bond acceptors (Lipinski definition) is 4. The van der Waals surface area contributed by atoms with E-state index in [-0.39, 0.29) is 0 Å². The molecule has 2 aromatic rings. The van der Waals surface area contributed by atoms with Gasteiger partial charge in [0.1, 0.15) is 5.69 Å². The van der Waals surface area contributed by atoms with E-state index in [0.29, 0.717) is 0 Å². The van der Waals surface area contributed by atoms with E-state index in [1.165, 1.54) is 0 Å². The molecule has 2 aromatic heterocycles. The fraction of sp³-hybridized carbons (Fsp3) is 0.111. The minimum atomic E-state index is 0.798. The van der Waals surface area contributed by atoms with E-state index in [2.05, 4.69) is 36.6 Å². The van der Waals surface area contributed by atoms with Gasteiger partial charge in [0, 0.05) is 40.2 Å². The number of thiophene rings is 1. The summed E-state index contributed by atoms with van der Waals surface area (Å²) in [4.78, 5) is 8.51. The van der Waals surface area contributed by atoms with Gasteiger partial charge in [-0.3, -0.25) is 4.98 Å². The van der Waals surface area contributed by atoms with Gasteiger partial charge in [-0.15, -0.1) is 0 Å². The maximum absolute atomic E-state index is 4.30. The van der Waals surface area contributed by atoms with Gasteiger partial charge in [-0.05, 0) is 15.9 Å². The number of rotatable bonds is 2. The van der Waals surface area contributed by atoms with Crippen LogP contribution in [0.5, 0.6) is 0 Å². The molecule has 0 bridgehead atoms. The van der Waals surface area contributed by atoms with E-state index in [4.69, 9.17) is 0 Å². The molecule has 0 atom stereocenters. The highest BCUT2D eigenvalue weighted by molar-refractivity contribution is 9.10. The van der Waals surface area contributed by atoms with Gasteiger partial charge in [0.05, 0.1) is 0 Å². The minimum Gasteiger partial charge on any atom is -0.371 e. The summed E-state index contributed by atoms with van der Waals surface area (Å²) in [6.45, 7) is 0. The Morgan fingerprint density at radius 1 is 1.29 bits per heavy atom. The zero-order chi connectivity index (χ0) is 9.97. The SMILES string of the molecule is CNc1nccnc1-c1cscc1Br. The molecule has 3 nitrogen and oxygen atoms in total. The van der Waals surface area contributed by atoms with Crippen LogP contribution in [0.1, 0.15) is 0 Å². The molecule has 0 unspecified atom stereocenters. The van der Waals surface area contributed by atoms with Crippen LogP contribution in [-0.4, -0.2) is 17.0 Å². The molecule has 72 valence electrons.